The van der Waals surface area contributed by atoms with Gasteiger partial charge in [0.1, 0.15) is 12.8 Å². The van der Waals surface area contributed by atoms with Gasteiger partial charge in [-0.25, -0.2) is 4.79 Å². The summed E-state index contributed by atoms with van der Waals surface area (Å²) in [6, 6.07) is -0.831. The molecule has 1 aliphatic heterocycles. The molecule has 1 aliphatic rings. The minimum absolute atomic E-state index is 0.0625. The number of ether oxygens (including phenoxy) is 3. The Labute approximate surface area is 143 Å². The predicted octanol–water partition coefficient (Wildman–Crippen LogP) is 1.53. The summed E-state index contributed by atoms with van der Waals surface area (Å²) in [5, 5.41) is 0. The summed E-state index contributed by atoms with van der Waals surface area (Å²) < 4.78 is 15.8. The Morgan fingerprint density at radius 3 is 2.17 bits per heavy atom. The number of hydrogen-bond acceptors (Lipinski definition) is 6. The Bertz CT molecular complexity index is 488. The average Bonchev–Trinajstić information content (AvgIpc) is 2.88. The van der Waals surface area contributed by atoms with Crippen LogP contribution < -0.4 is 0 Å². The van der Waals surface area contributed by atoms with Crippen molar-refractivity contribution in [1.29, 1.82) is 0 Å². The second-order valence-electron chi connectivity index (χ2n) is 8.01. The van der Waals surface area contributed by atoms with Crippen LogP contribution in [-0.4, -0.2) is 60.8 Å². The lowest BCUT2D eigenvalue weighted by Crippen LogP contribution is -2.51. The molecule has 138 valence electrons. The third-order valence-electron chi connectivity index (χ3n) is 3.52. The van der Waals surface area contributed by atoms with Crippen molar-refractivity contribution in [1.82, 2.24) is 4.90 Å². The molecule has 0 aromatic heterocycles. The second-order valence-corrected chi connectivity index (χ2v) is 8.01. The van der Waals surface area contributed by atoms with Gasteiger partial charge in [-0.05, 0) is 20.8 Å². The van der Waals surface area contributed by atoms with Crippen LogP contribution in [0.4, 0.5) is 0 Å². The number of carbonyl (C=O) groups excluding carboxylic acids is 3. The van der Waals surface area contributed by atoms with Crippen molar-refractivity contribution in [3.05, 3.63) is 0 Å². The summed E-state index contributed by atoms with van der Waals surface area (Å²) in [6.45, 7) is 11.1. The van der Waals surface area contributed by atoms with Crippen molar-refractivity contribution in [3.8, 4) is 0 Å². The summed E-state index contributed by atoms with van der Waals surface area (Å²) in [6.07, 6.45) is -0.926. The lowest BCUT2D eigenvalue weighted by atomic mass is 9.93. The molecule has 0 aliphatic carbocycles. The Hall–Kier alpha value is -1.47. The molecule has 24 heavy (non-hydrogen) atoms. The van der Waals surface area contributed by atoms with Gasteiger partial charge in [-0.3, -0.25) is 14.5 Å². The number of carbonyl (C=O) groups is 3. The number of nitrogens with zero attached hydrogens (tertiary/aromatic N) is 1. The number of esters is 1. The molecule has 0 aromatic carbocycles. The highest BCUT2D eigenvalue weighted by atomic mass is 16.5. The lowest BCUT2D eigenvalue weighted by Gasteiger charge is -2.35. The number of methoxy groups -OCH3 is 1. The van der Waals surface area contributed by atoms with E-state index in [0.717, 1.165) is 0 Å². The fourth-order valence-electron chi connectivity index (χ4n) is 2.40. The van der Waals surface area contributed by atoms with Gasteiger partial charge in [0.2, 0.25) is 5.91 Å². The van der Waals surface area contributed by atoms with Crippen molar-refractivity contribution in [2.75, 3.05) is 20.3 Å². The SMILES string of the molecule is COC(=O)[C@@H]1CO[C@H](C(C)(C)C)N1C(=O)CC(=O)COC(C)(C)C. The summed E-state index contributed by atoms with van der Waals surface area (Å²) in [7, 11) is 1.26. The molecule has 0 bridgehead atoms. The Morgan fingerprint density at radius 2 is 1.71 bits per heavy atom. The van der Waals surface area contributed by atoms with E-state index in [2.05, 4.69) is 0 Å². The molecular formula is C17H29NO6. The maximum absolute atomic E-state index is 12.6. The molecule has 0 radical (unpaired) electrons. The van der Waals surface area contributed by atoms with E-state index in [1.54, 1.807) is 0 Å². The van der Waals surface area contributed by atoms with E-state index in [4.69, 9.17) is 14.2 Å². The van der Waals surface area contributed by atoms with Gasteiger partial charge in [-0.1, -0.05) is 20.8 Å². The zero-order valence-electron chi connectivity index (χ0n) is 15.7. The topological polar surface area (TPSA) is 82.1 Å². The van der Waals surface area contributed by atoms with Crippen LogP contribution in [0.15, 0.2) is 0 Å². The van der Waals surface area contributed by atoms with Crippen LogP contribution in [0.5, 0.6) is 0 Å². The molecule has 1 heterocycles. The Morgan fingerprint density at radius 1 is 1.12 bits per heavy atom. The van der Waals surface area contributed by atoms with E-state index < -0.39 is 35.2 Å². The van der Waals surface area contributed by atoms with Crippen LogP contribution in [0, 0.1) is 5.41 Å². The van der Waals surface area contributed by atoms with Gasteiger partial charge in [0.15, 0.2) is 11.8 Å². The first-order valence-electron chi connectivity index (χ1n) is 8.03. The predicted molar refractivity (Wildman–Crippen MR) is 87.2 cm³/mol. The first kappa shape index (κ1) is 20.6. The first-order chi connectivity index (χ1) is 10.9. The minimum atomic E-state index is -0.831. The fraction of sp³-hybridized carbons (Fsp3) is 0.824. The molecule has 1 fully saturated rings. The van der Waals surface area contributed by atoms with E-state index in [-0.39, 0.29) is 25.4 Å². The van der Waals surface area contributed by atoms with Gasteiger partial charge in [-0.2, -0.15) is 0 Å². The van der Waals surface area contributed by atoms with E-state index in [9.17, 15) is 14.4 Å². The normalized spacial score (nSPS) is 21.7. The van der Waals surface area contributed by atoms with Crippen LogP contribution in [0.2, 0.25) is 0 Å². The Balaban J connectivity index is 2.84. The van der Waals surface area contributed by atoms with Gasteiger partial charge in [0.25, 0.3) is 0 Å². The lowest BCUT2D eigenvalue weighted by molar-refractivity contribution is -0.157. The fourth-order valence-corrected chi connectivity index (χ4v) is 2.40. The number of amides is 1. The molecule has 1 rings (SSSR count). The van der Waals surface area contributed by atoms with E-state index in [1.165, 1.54) is 12.0 Å². The number of rotatable bonds is 5. The molecule has 1 saturated heterocycles. The zero-order valence-corrected chi connectivity index (χ0v) is 15.7. The van der Waals surface area contributed by atoms with E-state index in [0.29, 0.717) is 0 Å². The highest BCUT2D eigenvalue weighted by Crippen LogP contribution is 2.32. The molecule has 1 amide bonds. The van der Waals surface area contributed by atoms with Crippen LogP contribution in [0.25, 0.3) is 0 Å². The van der Waals surface area contributed by atoms with E-state index in [1.807, 2.05) is 41.5 Å². The summed E-state index contributed by atoms with van der Waals surface area (Å²) in [5.74, 6) is -1.34. The zero-order chi connectivity index (χ0) is 18.7. The number of hydrogen-bond donors (Lipinski definition) is 0. The average molecular weight is 343 g/mol. The quantitative estimate of drug-likeness (QED) is 0.556. The van der Waals surface area contributed by atoms with Gasteiger partial charge in [0, 0.05) is 5.41 Å². The van der Waals surface area contributed by atoms with Crippen LogP contribution >= 0.6 is 0 Å². The van der Waals surface area contributed by atoms with Crippen molar-refractivity contribution in [2.24, 2.45) is 5.41 Å². The second kappa shape index (κ2) is 7.61. The van der Waals surface area contributed by atoms with Crippen molar-refractivity contribution in [2.45, 2.75) is 65.8 Å². The van der Waals surface area contributed by atoms with Gasteiger partial charge >= 0.3 is 5.97 Å². The highest BCUT2D eigenvalue weighted by Gasteiger charge is 2.47. The number of Topliss-reactive ketones (excluding diaryl/α,β-unsaturated/α-hetero) is 1. The minimum Gasteiger partial charge on any atom is -0.467 e. The monoisotopic (exact) mass is 343 g/mol. The molecule has 0 saturated carbocycles. The number of ketones is 1. The van der Waals surface area contributed by atoms with Crippen LogP contribution in [0.1, 0.15) is 48.0 Å². The molecule has 0 unspecified atom stereocenters. The maximum atomic E-state index is 12.6. The van der Waals surface area contributed by atoms with Crippen LogP contribution in [0.3, 0.4) is 0 Å². The molecular weight excluding hydrogens is 314 g/mol. The maximum Gasteiger partial charge on any atom is 0.331 e. The largest absolute Gasteiger partial charge is 0.467 e. The summed E-state index contributed by atoms with van der Waals surface area (Å²) in [4.78, 5) is 37.9. The first-order valence-corrected chi connectivity index (χ1v) is 8.03. The highest BCUT2D eigenvalue weighted by molar-refractivity contribution is 6.00. The van der Waals surface area contributed by atoms with Crippen molar-refractivity contribution < 1.29 is 28.6 Å². The molecule has 7 nitrogen and oxygen atoms in total. The van der Waals surface area contributed by atoms with Gasteiger partial charge in [0.05, 0.1) is 25.7 Å². The van der Waals surface area contributed by atoms with E-state index >= 15 is 0 Å². The Kier molecular flexibility index (Phi) is 6.52. The third-order valence-corrected chi connectivity index (χ3v) is 3.52. The van der Waals surface area contributed by atoms with Gasteiger partial charge in [-0.15, -0.1) is 0 Å². The van der Waals surface area contributed by atoms with Crippen molar-refractivity contribution in [3.63, 3.8) is 0 Å². The summed E-state index contributed by atoms with van der Waals surface area (Å²) in [5.41, 5.74) is -0.860. The molecule has 0 aromatic rings. The third kappa shape index (κ3) is 5.56. The summed E-state index contributed by atoms with van der Waals surface area (Å²) >= 11 is 0. The molecule has 7 heteroatoms. The van der Waals surface area contributed by atoms with Crippen LogP contribution in [-0.2, 0) is 28.6 Å². The molecule has 0 spiro atoms. The smallest absolute Gasteiger partial charge is 0.331 e. The molecule has 0 N–H and O–H groups in total. The molecule has 2 atom stereocenters. The standard InChI is InChI=1S/C17H29NO6/c1-16(2,3)15-18(12(10-23-15)14(21)22-7)13(20)8-11(19)9-24-17(4,5)6/h12,15H,8-10H2,1-7H3/t12-,15+/m0/s1. The van der Waals surface area contributed by atoms with Gasteiger partial charge < -0.3 is 14.2 Å². The van der Waals surface area contributed by atoms with Crippen molar-refractivity contribution >= 4 is 17.7 Å².